The van der Waals surface area contributed by atoms with Gasteiger partial charge in [-0.1, -0.05) is 44.2 Å². The van der Waals surface area contributed by atoms with E-state index in [-0.39, 0.29) is 5.91 Å². The summed E-state index contributed by atoms with van der Waals surface area (Å²) in [6.07, 6.45) is 1.03. The van der Waals surface area contributed by atoms with Crippen LogP contribution in [-0.4, -0.2) is 29.9 Å². The molecule has 0 unspecified atom stereocenters. The SMILES string of the molecule is CC(C)CCNC(=O)CN(Cc1ccccc1)C(C)C. The van der Waals surface area contributed by atoms with Gasteiger partial charge in [0, 0.05) is 19.1 Å². The second-order valence-corrected chi connectivity index (χ2v) is 6.02. The van der Waals surface area contributed by atoms with Crippen molar-refractivity contribution in [2.75, 3.05) is 13.1 Å². The molecule has 0 fully saturated rings. The Morgan fingerprint density at radius 1 is 1.15 bits per heavy atom. The van der Waals surface area contributed by atoms with E-state index < -0.39 is 0 Å². The van der Waals surface area contributed by atoms with Crippen LogP contribution in [0.1, 0.15) is 39.7 Å². The summed E-state index contributed by atoms with van der Waals surface area (Å²) in [7, 11) is 0. The molecule has 0 saturated heterocycles. The van der Waals surface area contributed by atoms with Crippen molar-refractivity contribution < 1.29 is 4.79 Å². The molecular weight excluding hydrogens is 248 g/mol. The average molecular weight is 276 g/mol. The van der Waals surface area contributed by atoms with Crippen molar-refractivity contribution in [3.8, 4) is 0 Å². The van der Waals surface area contributed by atoms with Crippen LogP contribution in [0.2, 0.25) is 0 Å². The number of carbonyl (C=O) groups excluding carboxylic acids is 1. The van der Waals surface area contributed by atoms with Gasteiger partial charge in [-0.15, -0.1) is 0 Å². The predicted octanol–water partition coefficient (Wildman–Crippen LogP) is 3.06. The Hall–Kier alpha value is -1.35. The van der Waals surface area contributed by atoms with Crippen molar-refractivity contribution in [2.24, 2.45) is 5.92 Å². The van der Waals surface area contributed by atoms with Crippen LogP contribution >= 0.6 is 0 Å². The highest BCUT2D eigenvalue weighted by molar-refractivity contribution is 5.78. The number of hydrogen-bond acceptors (Lipinski definition) is 2. The Labute approximate surface area is 123 Å². The van der Waals surface area contributed by atoms with Gasteiger partial charge in [-0.2, -0.15) is 0 Å². The van der Waals surface area contributed by atoms with Crippen molar-refractivity contribution in [2.45, 2.75) is 46.7 Å². The van der Waals surface area contributed by atoms with Crippen LogP contribution in [0.5, 0.6) is 0 Å². The quantitative estimate of drug-likeness (QED) is 0.791. The molecule has 3 heteroatoms. The summed E-state index contributed by atoms with van der Waals surface area (Å²) in [5.41, 5.74) is 1.25. The molecule has 0 atom stereocenters. The van der Waals surface area contributed by atoms with Crippen molar-refractivity contribution in [1.82, 2.24) is 10.2 Å². The van der Waals surface area contributed by atoms with Gasteiger partial charge in [0.05, 0.1) is 6.54 Å². The number of carbonyl (C=O) groups is 1. The molecule has 0 aliphatic carbocycles. The van der Waals surface area contributed by atoms with Gasteiger partial charge in [-0.3, -0.25) is 9.69 Å². The largest absolute Gasteiger partial charge is 0.355 e. The van der Waals surface area contributed by atoms with Gasteiger partial charge in [-0.25, -0.2) is 0 Å². The minimum Gasteiger partial charge on any atom is -0.355 e. The normalized spacial score (nSPS) is 11.3. The van der Waals surface area contributed by atoms with E-state index in [2.05, 4.69) is 50.0 Å². The summed E-state index contributed by atoms with van der Waals surface area (Å²) in [4.78, 5) is 14.2. The summed E-state index contributed by atoms with van der Waals surface area (Å²) in [6.45, 7) is 10.6. The lowest BCUT2D eigenvalue weighted by Crippen LogP contribution is -2.40. The highest BCUT2D eigenvalue weighted by Gasteiger charge is 2.14. The fourth-order valence-corrected chi connectivity index (χ4v) is 1.98. The monoisotopic (exact) mass is 276 g/mol. The van der Waals surface area contributed by atoms with Crippen LogP contribution < -0.4 is 5.32 Å². The highest BCUT2D eigenvalue weighted by atomic mass is 16.2. The molecular formula is C17H28N2O. The fourth-order valence-electron chi connectivity index (χ4n) is 1.98. The zero-order chi connectivity index (χ0) is 15.0. The van der Waals surface area contributed by atoms with E-state index in [1.165, 1.54) is 5.56 Å². The van der Waals surface area contributed by atoms with Crippen LogP contribution in [0, 0.1) is 5.92 Å². The topological polar surface area (TPSA) is 32.3 Å². The Kier molecular flexibility index (Phi) is 7.31. The van der Waals surface area contributed by atoms with Crippen LogP contribution in [0.15, 0.2) is 30.3 Å². The average Bonchev–Trinajstić information content (AvgIpc) is 2.38. The van der Waals surface area contributed by atoms with Gasteiger partial charge in [0.2, 0.25) is 5.91 Å². The molecule has 1 rings (SSSR count). The van der Waals surface area contributed by atoms with Crippen LogP contribution in [-0.2, 0) is 11.3 Å². The van der Waals surface area contributed by atoms with Gasteiger partial charge in [0.15, 0.2) is 0 Å². The molecule has 3 nitrogen and oxygen atoms in total. The van der Waals surface area contributed by atoms with E-state index in [4.69, 9.17) is 0 Å². The first-order valence-corrected chi connectivity index (χ1v) is 7.53. The van der Waals surface area contributed by atoms with Crippen LogP contribution in [0.3, 0.4) is 0 Å². The Morgan fingerprint density at radius 3 is 2.35 bits per heavy atom. The molecule has 1 N–H and O–H groups in total. The molecule has 1 aromatic rings. The standard InChI is InChI=1S/C17H28N2O/c1-14(2)10-11-18-17(20)13-19(15(3)4)12-16-8-6-5-7-9-16/h5-9,14-15H,10-13H2,1-4H3,(H,18,20). The minimum absolute atomic E-state index is 0.121. The smallest absolute Gasteiger partial charge is 0.234 e. The second kappa shape index (κ2) is 8.75. The summed E-state index contributed by atoms with van der Waals surface area (Å²) in [5.74, 6) is 0.746. The van der Waals surface area contributed by atoms with E-state index in [1.807, 2.05) is 18.2 Å². The zero-order valence-electron chi connectivity index (χ0n) is 13.2. The number of rotatable bonds is 8. The van der Waals surface area contributed by atoms with Crippen LogP contribution in [0.25, 0.3) is 0 Å². The first kappa shape index (κ1) is 16.7. The lowest BCUT2D eigenvalue weighted by atomic mass is 10.1. The molecule has 0 radical (unpaired) electrons. The molecule has 20 heavy (non-hydrogen) atoms. The molecule has 1 aromatic carbocycles. The Balaban J connectivity index is 2.44. The second-order valence-electron chi connectivity index (χ2n) is 6.02. The van der Waals surface area contributed by atoms with E-state index in [0.717, 1.165) is 19.5 Å². The molecule has 1 amide bonds. The third-order valence-corrected chi connectivity index (χ3v) is 3.35. The van der Waals surface area contributed by atoms with Gasteiger partial charge in [-0.05, 0) is 31.7 Å². The van der Waals surface area contributed by atoms with E-state index in [1.54, 1.807) is 0 Å². The summed E-state index contributed by atoms with van der Waals surface area (Å²) in [5, 5.41) is 3.00. The van der Waals surface area contributed by atoms with Crippen LogP contribution in [0.4, 0.5) is 0 Å². The van der Waals surface area contributed by atoms with Crippen molar-refractivity contribution >= 4 is 5.91 Å². The number of hydrogen-bond donors (Lipinski definition) is 1. The zero-order valence-corrected chi connectivity index (χ0v) is 13.2. The fraction of sp³-hybridized carbons (Fsp3) is 0.588. The molecule has 0 spiro atoms. The Bertz CT molecular complexity index is 387. The Morgan fingerprint density at radius 2 is 1.80 bits per heavy atom. The maximum absolute atomic E-state index is 12.0. The summed E-state index contributed by atoms with van der Waals surface area (Å²) >= 11 is 0. The van der Waals surface area contributed by atoms with Crippen molar-refractivity contribution in [3.63, 3.8) is 0 Å². The van der Waals surface area contributed by atoms with Gasteiger partial charge in [0.1, 0.15) is 0 Å². The summed E-state index contributed by atoms with van der Waals surface area (Å²) < 4.78 is 0. The van der Waals surface area contributed by atoms with Gasteiger partial charge < -0.3 is 5.32 Å². The van der Waals surface area contributed by atoms with Gasteiger partial charge >= 0.3 is 0 Å². The highest BCUT2D eigenvalue weighted by Crippen LogP contribution is 2.07. The number of nitrogens with one attached hydrogen (secondary N) is 1. The van der Waals surface area contributed by atoms with Crippen molar-refractivity contribution in [1.29, 1.82) is 0 Å². The lowest BCUT2D eigenvalue weighted by Gasteiger charge is -2.26. The van der Waals surface area contributed by atoms with E-state index in [9.17, 15) is 4.79 Å². The summed E-state index contributed by atoms with van der Waals surface area (Å²) in [6, 6.07) is 10.7. The van der Waals surface area contributed by atoms with Crippen molar-refractivity contribution in [3.05, 3.63) is 35.9 Å². The maximum Gasteiger partial charge on any atom is 0.234 e. The van der Waals surface area contributed by atoms with E-state index >= 15 is 0 Å². The molecule has 112 valence electrons. The first-order valence-electron chi connectivity index (χ1n) is 7.53. The third kappa shape index (κ3) is 6.71. The molecule has 0 aliphatic heterocycles. The third-order valence-electron chi connectivity index (χ3n) is 3.35. The molecule has 0 saturated carbocycles. The molecule has 0 aliphatic rings. The van der Waals surface area contributed by atoms with Gasteiger partial charge in [0.25, 0.3) is 0 Å². The first-order chi connectivity index (χ1) is 9.49. The maximum atomic E-state index is 12.0. The molecule has 0 bridgehead atoms. The molecule has 0 aromatic heterocycles. The predicted molar refractivity (Wildman–Crippen MR) is 84.5 cm³/mol. The lowest BCUT2D eigenvalue weighted by molar-refractivity contribution is -0.122. The number of benzene rings is 1. The number of nitrogens with zero attached hydrogens (tertiary/aromatic N) is 1. The number of amides is 1. The van der Waals surface area contributed by atoms with E-state index in [0.29, 0.717) is 18.5 Å². The minimum atomic E-state index is 0.121. The molecule has 0 heterocycles.